The van der Waals surface area contributed by atoms with Crippen LogP contribution in [0.1, 0.15) is 30.1 Å². The van der Waals surface area contributed by atoms with Crippen molar-refractivity contribution in [2.75, 3.05) is 17.1 Å². The number of oxazole rings is 1. The quantitative estimate of drug-likeness (QED) is 0.423. The molecule has 0 amide bonds. The van der Waals surface area contributed by atoms with Gasteiger partial charge in [-0.05, 0) is 43.2 Å². The number of hydrogen-bond acceptors (Lipinski definition) is 6. The van der Waals surface area contributed by atoms with Crippen LogP contribution in [0.25, 0.3) is 11.1 Å². The Morgan fingerprint density at radius 3 is 2.76 bits per heavy atom. The van der Waals surface area contributed by atoms with Crippen LogP contribution >= 0.6 is 0 Å². The van der Waals surface area contributed by atoms with E-state index in [-0.39, 0.29) is 17.9 Å². The van der Waals surface area contributed by atoms with Crippen molar-refractivity contribution in [2.24, 2.45) is 0 Å². The molecule has 1 N–H and O–H groups in total. The number of hydrogen-bond donors (Lipinski definition) is 1. The van der Waals surface area contributed by atoms with Crippen LogP contribution in [-0.2, 0) is 21.3 Å². The minimum absolute atomic E-state index is 0.00371. The zero-order valence-corrected chi connectivity index (χ0v) is 16.8. The molecule has 3 aromatic rings. The summed E-state index contributed by atoms with van der Waals surface area (Å²) in [6.45, 7) is 2.23. The number of nitrogens with one attached hydrogen (secondary N) is 1. The van der Waals surface area contributed by atoms with Crippen molar-refractivity contribution in [1.29, 1.82) is 0 Å². The molecule has 9 heteroatoms. The van der Waals surface area contributed by atoms with Gasteiger partial charge in [-0.15, -0.1) is 0 Å². The largest absolute Gasteiger partial charge is 0.462 e. The summed E-state index contributed by atoms with van der Waals surface area (Å²) in [5, 5.41) is 0. The highest BCUT2D eigenvalue weighted by atomic mass is 32.2. The molecule has 29 heavy (non-hydrogen) atoms. The average molecular weight is 418 g/mol. The maximum Gasteiger partial charge on any atom is 0.419 e. The molecule has 0 spiro atoms. The Morgan fingerprint density at radius 2 is 1.97 bits per heavy atom. The molecule has 0 aliphatic rings. The number of carbonyl (C=O) groups is 1. The Balaban J connectivity index is 1.56. The summed E-state index contributed by atoms with van der Waals surface area (Å²) in [7, 11) is -3.44. The first-order valence-corrected chi connectivity index (χ1v) is 10.9. The highest BCUT2D eigenvalue weighted by molar-refractivity contribution is 7.92. The molecule has 0 saturated heterocycles. The van der Waals surface area contributed by atoms with Gasteiger partial charge in [0.1, 0.15) is 0 Å². The number of aromatic nitrogens is 1. The summed E-state index contributed by atoms with van der Waals surface area (Å²) in [4.78, 5) is 24.2. The Kier molecular flexibility index (Phi) is 6.38. The number of para-hydroxylation sites is 2. The Hall–Kier alpha value is -3.07. The van der Waals surface area contributed by atoms with Gasteiger partial charge < -0.3 is 9.15 Å². The van der Waals surface area contributed by atoms with E-state index in [1.165, 1.54) is 10.6 Å². The lowest BCUT2D eigenvalue weighted by atomic mass is 10.2. The monoisotopic (exact) mass is 418 g/mol. The number of benzene rings is 2. The lowest BCUT2D eigenvalue weighted by molar-refractivity contribution is 0.0496. The van der Waals surface area contributed by atoms with Crippen LogP contribution in [-0.4, -0.2) is 31.3 Å². The number of nitrogens with zero attached hydrogens (tertiary/aromatic N) is 1. The molecular formula is C20H22N2O6S. The summed E-state index contributed by atoms with van der Waals surface area (Å²) in [6.07, 6.45) is 0.921. The van der Waals surface area contributed by atoms with E-state index in [0.717, 1.165) is 0 Å². The number of fused-ring (bicyclic) bond motifs is 1. The van der Waals surface area contributed by atoms with Crippen LogP contribution in [0.3, 0.4) is 0 Å². The second-order valence-corrected chi connectivity index (χ2v) is 8.32. The van der Waals surface area contributed by atoms with Crippen molar-refractivity contribution in [3.8, 4) is 0 Å². The van der Waals surface area contributed by atoms with E-state index in [1.54, 1.807) is 43.3 Å². The molecule has 0 saturated carbocycles. The fourth-order valence-corrected chi connectivity index (χ4v) is 4.03. The SMILES string of the molecule is CCCS(=O)(=O)Nc1cccc(C(=O)OCCCn2c(=O)oc3ccccc32)c1. The normalized spacial score (nSPS) is 11.5. The maximum atomic E-state index is 12.2. The second kappa shape index (κ2) is 8.95. The van der Waals surface area contributed by atoms with Crippen molar-refractivity contribution >= 4 is 32.8 Å². The first-order valence-electron chi connectivity index (χ1n) is 9.25. The van der Waals surface area contributed by atoms with Crippen molar-refractivity contribution < 1.29 is 22.4 Å². The predicted octanol–water partition coefficient (Wildman–Crippen LogP) is 2.99. The summed E-state index contributed by atoms with van der Waals surface area (Å²) >= 11 is 0. The molecule has 2 aromatic carbocycles. The van der Waals surface area contributed by atoms with Gasteiger partial charge in [0.25, 0.3) is 0 Å². The predicted molar refractivity (Wildman–Crippen MR) is 110 cm³/mol. The summed E-state index contributed by atoms with van der Waals surface area (Å²) in [6, 6.07) is 13.2. The lowest BCUT2D eigenvalue weighted by Crippen LogP contribution is -2.17. The topological polar surface area (TPSA) is 108 Å². The zero-order valence-electron chi connectivity index (χ0n) is 16.0. The standard InChI is InChI=1S/C20H22N2O6S/c1-2-13-29(25,26)21-16-8-5-7-15(14-16)19(23)27-12-6-11-22-17-9-3-4-10-18(17)28-20(22)24/h3-5,7-10,14,21H,2,6,11-13H2,1H3. The highest BCUT2D eigenvalue weighted by Crippen LogP contribution is 2.15. The van der Waals surface area contributed by atoms with Crippen molar-refractivity contribution in [1.82, 2.24) is 4.57 Å². The number of anilines is 1. The number of sulfonamides is 1. The van der Waals surface area contributed by atoms with E-state index < -0.39 is 21.7 Å². The van der Waals surface area contributed by atoms with Gasteiger partial charge in [-0.2, -0.15) is 0 Å². The molecule has 1 aromatic heterocycles. The van der Waals surface area contributed by atoms with Crippen molar-refractivity contribution in [3.63, 3.8) is 0 Å². The minimum Gasteiger partial charge on any atom is -0.462 e. The molecule has 154 valence electrons. The number of esters is 1. The van der Waals surface area contributed by atoms with Gasteiger partial charge >= 0.3 is 11.7 Å². The van der Waals surface area contributed by atoms with Gasteiger partial charge in [0.05, 0.1) is 23.4 Å². The third-order valence-electron chi connectivity index (χ3n) is 4.18. The fraction of sp³-hybridized carbons (Fsp3) is 0.300. The average Bonchev–Trinajstić information content (AvgIpc) is 3.00. The van der Waals surface area contributed by atoms with Gasteiger partial charge in [0.2, 0.25) is 10.0 Å². The van der Waals surface area contributed by atoms with Gasteiger partial charge in [-0.3, -0.25) is 9.29 Å². The van der Waals surface area contributed by atoms with E-state index in [2.05, 4.69) is 4.72 Å². The van der Waals surface area contributed by atoms with E-state index in [4.69, 9.17) is 9.15 Å². The van der Waals surface area contributed by atoms with Crippen molar-refractivity contribution in [3.05, 3.63) is 64.6 Å². The van der Waals surface area contributed by atoms with E-state index in [9.17, 15) is 18.0 Å². The van der Waals surface area contributed by atoms with Crippen LogP contribution < -0.4 is 10.5 Å². The smallest absolute Gasteiger partial charge is 0.419 e. The molecule has 0 atom stereocenters. The number of aryl methyl sites for hydroxylation is 1. The highest BCUT2D eigenvalue weighted by Gasteiger charge is 2.13. The number of ether oxygens (including phenoxy) is 1. The summed E-state index contributed by atoms with van der Waals surface area (Å²) in [5.74, 6) is -1.01. The Labute approximate surface area is 168 Å². The first kappa shape index (κ1) is 20.7. The number of rotatable bonds is 9. The van der Waals surface area contributed by atoms with Crippen LogP contribution in [0.15, 0.2) is 57.7 Å². The maximum absolute atomic E-state index is 12.2. The van der Waals surface area contributed by atoms with Crippen LogP contribution in [0, 0.1) is 0 Å². The lowest BCUT2D eigenvalue weighted by Gasteiger charge is -2.09. The number of carbonyl (C=O) groups excluding carboxylic acids is 1. The van der Waals surface area contributed by atoms with Crippen LogP contribution in [0.4, 0.5) is 5.69 Å². The molecule has 0 aliphatic heterocycles. The summed E-state index contributed by atoms with van der Waals surface area (Å²) < 4.78 is 38.1. The molecule has 0 fully saturated rings. The molecule has 1 heterocycles. The van der Waals surface area contributed by atoms with Crippen molar-refractivity contribution in [2.45, 2.75) is 26.3 Å². The van der Waals surface area contributed by atoms with Gasteiger partial charge in [-0.1, -0.05) is 25.1 Å². The van der Waals surface area contributed by atoms with E-state index >= 15 is 0 Å². The second-order valence-electron chi connectivity index (χ2n) is 6.48. The van der Waals surface area contributed by atoms with Gasteiger partial charge in [0, 0.05) is 12.2 Å². The molecule has 3 rings (SSSR count). The van der Waals surface area contributed by atoms with Crippen LogP contribution in [0.5, 0.6) is 0 Å². The molecule has 0 bridgehead atoms. The van der Waals surface area contributed by atoms with Gasteiger partial charge in [-0.25, -0.2) is 18.0 Å². The molecular weight excluding hydrogens is 396 g/mol. The molecule has 0 aliphatic carbocycles. The zero-order chi connectivity index (χ0) is 20.9. The van der Waals surface area contributed by atoms with Crippen LogP contribution in [0.2, 0.25) is 0 Å². The van der Waals surface area contributed by atoms with E-state index in [0.29, 0.717) is 36.2 Å². The molecule has 8 nitrogen and oxygen atoms in total. The Bertz CT molecular complexity index is 1160. The minimum atomic E-state index is -3.44. The Morgan fingerprint density at radius 1 is 1.17 bits per heavy atom. The third-order valence-corrected chi connectivity index (χ3v) is 5.67. The molecule has 0 unspecified atom stereocenters. The molecule has 0 radical (unpaired) electrons. The first-order chi connectivity index (χ1) is 13.9. The fourth-order valence-electron chi connectivity index (χ4n) is 2.91. The van der Waals surface area contributed by atoms with Gasteiger partial charge in [0.15, 0.2) is 5.58 Å². The summed E-state index contributed by atoms with van der Waals surface area (Å²) in [5.41, 5.74) is 1.75. The third kappa shape index (κ3) is 5.26. The van der Waals surface area contributed by atoms with E-state index in [1.807, 2.05) is 6.07 Å².